The summed E-state index contributed by atoms with van der Waals surface area (Å²) in [6.07, 6.45) is 5.29. The number of methoxy groups -OCH3 is 1. The molecule has 3 heteroatoms. The van der Waals surface area contributed by atoms with Crippen molar-refractivity contribution in [1.29, 1.82) is 0 Å². The van der Waals surface area contributed by atoms with Crippen molar-refractivity contribution < 1.29 is 13.9 Å². The van der Waals surface area contributed by atoms with Gasteiger partial charge in [-0.15, -0.1) is 0 Å². The van der Waals surface area contributed by atoms with E-state index in [-0.39, 0.29) is 17.7 Å². The first-order chi connectivity index (χ1) is 9.13. The van der Waals surface area contributed by atoms with Crippen molar-refractivity contribution >= 4 is 5.78 Å². The number of rotatable bonds is 4. The van der Waals surface area contributed by atoms with Crippen molar-refractivity contribution in [3.05, 3.63) is 35.1 Å². The van der Waals surface area contributed by atoms with Crippen LogP contribution in [0.2, 0.25) is 0 Å². The van der Waals surface area contributed by atoms with Crippen LogP contribution >= 0.6 is 0 Å². The van der Waals surface area contributed by atoms with Gasteiger partial charge < -0.3 is 4.74 Å². The largest absolute Gasteiger partial charge is 0.373 e. The summed E-state index contributed by atoms with van der Waals surface area (Å²) in [5.41, 5.74) is 1.06. The summed E-state index contributed by atoms with van der Waals surface area (Å²) in [7, 11) is 1.59. The van der Waals surface area contributed by atoms with E-state index in [1.54, 1.807) is 26.2 Å². The van der Waals surface area contributed by atoms with Crippen LogP contribution in [0.1, 0.15) is 48.0 Å². The predicted octanol–water partition coefficient (Wildman–Crippen LogP) is 3.91. The van der Waals surface area contributed by atoms with Gasteiger partial charge in [0, 0.05) is 12.7 Å². The van der Waals surface area contributed by atoms with Crippen LogP contribution in [0.5, 0.6) is 0 Å². The average molecular weight is 264 g/mol. The number of halogens is 1. The molecule has 0 aliphatic heterocycles. The molecule has 104 valence electrons. The zero-order valence-electron chi connectivity index (χ0n) is 11.6. The topological polar surface area (TPSA) is 26.3 Å². The molecule has 0 N–H and O–H groups in total. The molecule has 2 nitrogen and oxygen atoms in total. The molecular formula is C16H21FO2. The van der Waals surface area contributed by atoms with Gasteiger partial charge in [-0.3, -0.25) is 4.79 Å². The second-order valence-corrected chi connectivity index (χ2v) is 5.38. The van der Waals surface area contributed by atoms with Crippen LogP contribution in [0.15, 0.2) is 18.2 Å². The molecule has 1 aromatic rings. The Labute approximate surface area is 114 Å². The van der Waals surface area contributed by atoms with Crippen molar-refractivity contribution in [1.82, 2.24) is 0 Å². The molecule has 0 saturated heterocycles. The van der Waals surface area contributed by atoms with Gasteiger partial charge in [0.15, 0.2) is 5.78 Å². The zero-order valence-corrected chi connectivity index (χ0v) is 11.6. The van der Waals surface area contributed by atoms with Crippen molar-refractivity contribution in [3.63, 3.8) is 0 Å². The van der Waals surface area contributed by atoms with E-state index in [0.29, 0.717) is 17.0 Å². The van der Waals surface area contributed by atoms with Gasteiger partial charge in [-0.1, -0.05) is 19.3 Å². The maximum atomic E-state index is 13.3. The maximum Gasteiger partial charge on any atom is 0.191 e. The van der Waals surface area contributed by atoms with Crippen LogP contribution in [-0.4, -0.2) is 19.0 Å². The number of ketones is 1. The van der Waals surface area contributed by atoms with Crippen LogP contribution in [0.3, 0.4) is 0 Å². The van der Waals surface area contributed by atoms with Crippen molar-refractivity contribution in [3.8, 4) is 0 Å². The first-order valence-corrected chi connectivity index (χ1v) is 6.96. The lowest BCUT2D eigenvalue weighted by Gasteiger charge is -2.28. The van der Waals surface area contributed by atoms with Gasteiger partial charge in [0.25, 0.3) is 0 Å². The molecule has 2 rings (SSSR count). The predicted molar refractivity (Wildman–Crippen MR) is 72.8 cm³/mol. The third kappa shape index (κ3) is 3.21. The van der Waals surface area contributed by atoms with E-state index in [2.05, 4.69) is 0 Å². The summed E-state index contributed by atoms with van der Waals surface area (Å²) in [6.45, 7) is 1.68. The second kappa shape index (κ2) is 6.29. The van der Waals surface area contributed by atoms with Gasteiger partial charge in [-0.05, 0) is 49.4 Å². The molecule has 0 amide bonds. The van der Waals surface area contributed by atoms with Crippen LogP contribution in [-0.2, 0) is 4.74 Å². The van der Waals surface area contributed by atoms with Crippen LogP contribution in [0, 0.1) is 18.7 Å². The standard InChI is InChI=1S/C16H21FO2/c1-11-10-13(8-9-14(11)17)15(18)16(19-2)12-6-4-3-5-7-12/h8-10,12,16H,3-7H2,1-2H3. The van der Waals surface area contributed by atoms with E-state index < -0.39 is 0 Å². The Balaban J connectivity index is 2.17. The fourth-order valence-electron chi connectivity index (χ4n) is 2.91. The summed E-state index contributed by atoms with van der Waals surface area (Å²) in [5.74, 6) is 0.0114. The highest BCUT2D eigenvalue weighted by Crippen LogP contribution is 2.29. The average Bonchev–Trinajstić information content (AvgIpc) is 2.44. The first-order valence-electron chi connectivity index (χ1n) is 6.96. The minimum atomic E-state index is -0.384. The smallest absolute Gasteiger partial charge is 0.191 e. The summed E-state index contributed by atoms with van der Waals surface area (Å²) >= 11 is 0. The minimum Gasteiger partial charge on any atom is -0.373 e. The Kier molecular flexibility index (Phi) is 4.70. The summed E-state index contributed by atoms with van der Waals surface area (Å²) in [4.78, 5) is 12.5. The maximum absolute atomic E-state index is 13.3. The van der Waals surface area contributed by atoms with Crippen molar-refractivity contribution in [2.45, 2.75) is 45.1 Å². The van der Waals surface area contributed by atoms with Gasteiger partial charge in [-0.2, -0.15) is 0 Å². The molecule has 19 heavy (non-hydrogen) atoms. The van der Waals surface area contributed by atoms with E-state index >= 15 is 0 Å². The van der Waals surface area contributed by atoms with Gasteiger partial charge >= 0.3 is 0 Å². The van der Waals surface area contributed by atoms with Crippen molar-refractivity contribution in [2.75, 3.05) is 7.11 Å². The number of aryl methyl sites for hydroxylation is 1. The van der Waals surface area contributed by atoms with Gasteiger partial charge in [0.1, 0.15) is 11.9 Å². The highest BCUT2D eigenvalue weighted by atomic mass is 19.1. The van der Waals surface area contributed by atoms with Crippen molar-refractivity contribution in [2.24, 2.45) is 5.92 Å². The molecule has 1 saturated carbocycles. The molecule has 1 atom stereocenters. The summed E-state index contributed by atoms with van der Waals surface area (Å²) < 4.78 is 18.7. The molecule has 1 fully saturated rings. The SMILES string of the molecule is COC(C(=O)c1ccc(F)c(C)c1)C1CCCCC1. The van der Waals surface area contributed by atoms with E-state index in [4.69, 9.17) is 4.74 Å². The highest BCUT2D eigenvalue weighted by molar-refractivity contribution is 5.99. The van der Waals surface area contributed by atoms with E-state index in [1.165, 1.54) is 25.3 Å². The van der Waals surface area contributed by atoms with Crippen LogP contribution < -0.4 is 0 Å². The molecule has 1 aliphatic rings. The molecule has 0 heterocycles. The normalized spacial score (nSPS) is 18.3. The number of carbonyl (C=O) groups excluding carboxylic acids is 1. The molecule has 1 aliphatic carbocycles. The Morgan fingerprint density at radius 2 is 2.00 bits per heavy atom. The number of benzene rings is 1. The summed E-state index contributed by atoms with van der Waals surface area (Å²) in [6, 6.07) is 4.53. The Morgan fingerprint density at radius 3 is 2.58 bits per heavy atom. The number of ether oxygens (including phenoxy) is 1. The monoisotopic (exact) mass is 264 g/mol. The number of carbonyl (C=O) groups is 1. The molecule has 0 spiro atoms. The van der Waals surface area contributed by atoms with E-state index in [0.717, 1.165) is 12.8 Å². The number of Topliss-reactive ketones (excluding diaryl/α,β-unsaturated/α-hetero) is 1. The Bertz CT molecular complexity index is 450. The van der Waals surface area contributed by atoms with E-state index in [9.17, 15) is 9.18 Å². The lowest BCUT2D eigenvalue weighted by molar-refractivity contribution is 0.0314. The fourth-order valence-corrected chi connectivity index (χ4v) is 2.91. The number of hydrogen-bond donors (Lipinski definition) is 0. The first kappa shape index (κ1) is 14.2. The Morgan fingerprint density at radius 1 is 1.32 bits per heavy atom. The molecule has 1 aromatic carbocycles. The molecule has 0 radical (unpaired) electrons. The molecular weight excluding hydrogens is 243 g/mol. The third-order valence-corrected chi connectivity index (χ3v) is 4.03. The molecule has 0 bridgehead atoms. The lowest BCUT2D eigenvalue weighted by atomic mass is 9.82. The van der Waals surface area contributed by atoms with Gasteiger partial charge in [0.2, 0.25) is 0 Å². The highest BCUT2D eigenvalue weighted by Gasteiger charge is 2.30. The molecule has 0 aromatic heterocycles. The second-order valence-electron chi connectivity index (χ2n) is 5.38. The zero-order chi connectivity index (χ0) is 13.8. The molecule has 1 unspecified atom stereocenters. The minimum absolute atomic E-state index is 0.0162. The number of hydrogen-bond acceptors (Lipinski definition) is 2. The fraction of sp³-hybridized carbons (Fsp3) is 0.562. The van der Waals surface area contributed by atoms with Gasteiger partial charge in [0.05, 0.1) is 0 Å². The van der Waals surface area contributed by atoms with Gasteiger partial charge in [-0.25, -0.2) is 4.39 Å². The van der Waals surface area contributed by atoms with Crippen LogP contribution in [0.25, 0.3) is 0 Å². The lowest BCUT2D eigenvalue weighted by Crippen LogP contribution is -2.33. The van der Waals surface area contributed by atoms with E-state index in [1.807, 2.05) is 0 Å². The third-order valence-electron chi connectivity index (χ3n) is 4.03. The summed E-state index contributed by atoms with van der Waals surface area (Å²) in [5, 5.41) is 0. The quantitative estimate of drug-likeness (QED) is 0.771. The Hall–Kier alpha value is -1.22. The van der Waals surface area contributed by atoms with Crippen LogP contribution in [0.4, 0.5) is 4.39 Å².